The number of anilines is 1. The molecule has 1 saturated carbocycles. The van der Waals surface area contributed by atoms with Crippen LogP contribution >= 0.6 is 23.2 Å². The second-order valence-corrected chi connectivity index (χ2v) is 12.9. The van der Waals surface area contributed by atoms with Crippen LogP contribution in [0.15, 0.2) is 78.9 Å². The van der Waals surface area contributed by atoms with Crippen LogP contribution in [0.4, 0.5) is 5.69 Å². The van der Waals surface area contributed by atoms with Gasteiger partial charge in [0, 0.05) is 29.1 Å². The van der Waals surface area contributed by atoms with Crippen LogP contribution in [0, 0.1) is 0 Å². The molecule has 1 N–H and O–H groups in total. The molecule has 0 spiro atoms. The van der Waals surface area contributed by atoms with E-state index in [4.69, 9.17) is 23.2 Å². The Labute approximate surface area is 246 Å². The van der Waals surface area contributed by atoms with Crippen molar-refractivity contribution in [1.82, 2.24) is 10.2 Å². The van der Waals surface area contributed by atoms with Gasteiger partial charge >= 0.3 is 0 Å². The molecule has 0 saturated heterocycles. The molecular formula is C30H33Cl2N3O4S. The highest BCUT2D eigenvalue weighted by Gasteiger charge is 2.34. The second-order valence-electron chi connectivity index (χ2n) is 10.1. The second kappa shape index (κ2) is 13.5. The molecule has 0 unspecified atom stereocenters. The van der Waals surface area contributed by atoms with Crippen molar-refractivity contribution in [2.45, 2.75) is 50.7 Å². The van der Waals surface area contributed by atoms with Gasteiger partial charge in [-0.25, -0.2) is 8.42 Å². The number of nitrogens with zero attached hydrogens (tertiary/aromatic N) is 2. The van der Waals surface area contributed by atoms with Crippen LogP contribution < -0.4 is 9.62 Å². The van der Waals surface area contributed by atoms with E-state index < -0.39 is 28.5 Å². The summed E-state index contributed by atoms with van der Waals surface area (Å²) in [5, 5.41) is 4.09. The number of amides is 2. The quantitative estimate of drug-likeness (QED) is 0.316. The molecule has 10 heteroatoms. The Hall–Kier alpha value is -3.07. The predicted molar refractivity (Wildman–Crippen MR) is 160 cm³/mol. The number of hydrogen-bond acceptors (Lipinski definition) is 4. The molecule has 2 amide bonds. The summed E-state index contributed by atoms with van der Waals surface area (Å²) in [7, 11) is -3.84. The molecule has 1 aliphatic carbocycles. The molecule has 212 valence electrons. The zero-order chi connectivity index (χ0) is 28.7. The Bertz CT molecular complexity index is 1410. The summed E-state index contributed by atoms with van der Waals surface area (Å²) in [4.78, 5) is 29.4. The lowest BCUT2D eigenvalue weighted by atomic mass is 10.0. The number of benzene rings is 3. The highest BCUT2D eigenvalue weighted by atomic mass is 35.5. The number of halogens is 2. The van der Waals surface area contributed by atoms with E-state index in [0.717, 1.165) is 47.4 Å². The van der Waals surface area contributed by atoms with Crippen LogP contribution in [0.25, 0.3) is 0 Å². The van der Waals surface area contributed by atoms with Gasteiger partial charge < -0.3 is 10.2 Å². The minimum atomic E-state index is -3.84. The highest BCUT2D eigenvalue weighted by Crippen LogP contribution is 2.24. The normalized spacial score (nSPS) is 14.5. The number of sulfonamides is 1. The summed E-state index contributed by atoms with van der Waals surface area (Å²) in [6.07, 6.45) is 5.19. The maximum Gasteiger partial charge on any atom is 0.244 e. The highest BCUT2D eigenvalue weighted by molar-refractivity contribution is 7.92. The van der Waals surface area contributed by atoms with Crippen molar-refractivity contribution < 1.29 is 18.0 Å². The van der Waals surface area contributed by atoms with Gasteiger partial charge in [0.05, 0.1) is 11.9 Å². The van der Waals surface area contributed by atoms with Gasteiger partial charge in [-0.15, -0.1) is 0 Å². The molecule has 0 radical (unpaired) electrons. The first-order valence-electron chi connectivity index (χ1n) is 13.2. The molecule has 0 aromatic heterocycles. The van der Waals surface area contributed by atoms with Gasteiger partial charge in [0.2, 0.25) is 21.8 Å². The van der Waals surface area contributed by atoms with Gasteiger partial charge in [0.1, 0.15) is 12.6 Å². The first kappa shape index (κ1) is 29.9. The first-order chi connectivity index (χ1) is 19.1. The first-order valence-corrected chi connectivity index (χ1v) is 15.8. The zero-order valence-electron chi connectivity index (χ0n) is 22.3. The fraction of sp³-hybridized carbons (Fsp3) is 0.333. The zero-order valence-corrected chi connectivity index (χ0v) is 24.6. The largest absolute Gasteiger partial charge is 0.352 e. The van der Waals surface area contributed by atoms with Gasteiger partial charge in [-0.1, -0.05) is 78.5 Å². The summed E-state index contributed by atoms with van der Waals surface area (Å²) in [5.74, 6) is -0.772. The number of carbonyl (C=O) groups excluding carboxylic acids is 2. The van der Waals surface area contributed by atoms with Gasteiger partial charge in [0.15, 0.2) is 0 Å². The molecule has 7 nitrogen and oxygen atoms in total. The van der Waals surface area contributed by atoms with E-state index in [-0.39, 0.29) is 24.9 Å². The van der Waals surface area contributed by atoms with Gasteiger partial charge in [-0.3, -0.25) is 13.9 Å². The molecular weight excluding hydrogens is 569 g/mol. The summed E-state index contributed by atoms with van der Waals surface area (Å²) >= 11 is 12.3. The molecule has 3 aromatic rings. The summed E-state index contributed by atoms with van der Waals surface area (Å²) in [6, 6.07) is 22.0. The fourth-order valence-electron chi connectivity index (χ4n) is 4.97. The number of nitrogens with one attached hydrogen (secondary N) is 1. The topological polar surface area (TPSA) is 86.8 Å². The Morgan fingerprint density at radius 1 is 0.900 bits per heavy atom. The summed E-state index contributed by atoms with van der Waals surface area (Å²) < 4.78 is 26.7. The third kappa shape index (κ3) is 8.22. The van der Waals surface area contributed by atoms with E-state index in [1.165, 1.54) is 4.90 Å². The van der Waals surface area contributed by atoms with E-state index in [1.54, 1.807) is 42.5 Å². The van der Waals surface area contributed by atoms with Crippen molar-refractivity contribution in [1.29, 1.82) is 0 Å². The minimum Gasteiger partial charge on any atom is -0.352 e. The molecule has 1 aliphatic rings. The molecule has 0 bridgehead atoms. The van der Waals surface area contributed by atoms with Gasteiger partial charge in [0.25, 0.3) is 0 Å². The number of hydrogen-bond donors (Lipinski definition) is 1. The lowest BCUT2D eigenvalue weighted by molar-refractivity contribution is -0.140. The maximum atomic E-state index is 14.1. The average Bonchev–Trinajstić information content (AvgIpc) is 3.43. The average molecular weight is 603 g/mol. The standard InChI is InChI=1S/C30H33Cl2N3O4S/c1-40(38,39)35(27-16-14-24(31)15-17-27)21-29(36)34(20-23-10-7-11-25(32)18-23)28(19-22-8-3-2-4-9-22)30(37)33-26-12-5-6-13-26/h2-4,7-11,14-18,26,28H,5-6,12-13,19-21H2,1H3,(H,33,37)/t28-/m1/s1. The third-order valence-corrected chi connectivity index (χ3v) is 8.64. The monoisotopic (exact) mass is 601 g/mol. The van der Waals surface area contributed by atoms with Crippen molar-refractivity contribution in [3.05, 3.63) is 100 Å². The van der Waals surface area contributed by atoms with Crippen molar-refractivity contribution in [3.63, 3.8) is 0 Å². The summed E-state index contributed by atoms with van der Waals surface area (Å²) in [5.41, 5.74) is 1.92. The Balaban J connectivity index is 1.72. The van der Waals surface area contributed by atoms with E-state index >= 15 is 0 Å². The third-order valence-electron chi connectivity index (χ3n) is 7.01. The Morgan fingerprint density at radius 3 is 2.17 bits per heavy atom. The Kier molecular flexibility index (Phi) is 10.1. The van der Waals surface area contributed by atoms with Gasteiger partial charge in [-0.2, -0.15) is 0 Å². The smallest absolute Gasteiger partial charge is 0.244 e. The van der Waals surface area contributed by atoms with Crippen LogP contribution in [-0.2, 0) is 32.6 Å². The number of rotatable bonds is 11. The fourth-order valence-corrected chi connectivity index (χ4v) is 6.16. The molecule has 0 heterocycles. The van der Waals surface area contributed by atoms with Crippen molar-refractivity contribution in [2.75, 3.05) is 17.1 Å². The maximum absolute atomic E-state index is 14.1. The number of carbonyl (C=O) groups is 2. The van der Waals surface area contributed by atoms with Crippen molar-refractivity contribution >= 4 is 50.7 Å². The lowest BCUT2D eigenvalue weighted by Gasteiger charge is -2.34. The van der Waals surface area contributed by atoms with Crippen molar-refractivity contribution in [3.8, 4) is 0 Å². The van der Waals surface area contributed by atoms with Crippen LogP contribution in [0.2, 0.25) is 10.0 Å². The van der Waals surface area contributed by atoms with E-state index in [2.05, 4.69) is 5.32 Å². The molecule has 3 aromatic carbocycles. The predicted octanol–water partition coefficient (Wildman–Crippen LogP) is 5.46. The van der Waals surface area contributed by atoms with E-state index in [9.17, 15) is 18.0 Å². The molecule has 1 atom stereocenters. The van der Waals surface area contributed by atoms with Crippen LogP contribution in [-0.4, -0.2) is 50.0 Å². The molecule has 1 fully saturated rings. The summed E-state index contributed by atoms with van der Waals surface area (Å²) in [6.45, 7) is -0.407. The SMILES string of the molecule is CS(=O)(=O)N(CC(=O)N(Cc1cccc(Cl)c1)[C@H](Cc1ccccc1)C(=O)NC1CCCC1)c1ccc(Cl)cc1. The molecule has 0 aliphatic heterocycles. The minimum absolute atomic E-state index is 0.0514. The lowest BCUT2D eigenvalue weighted by Crippen LogP contribution is -2.54. The van der Waals surface area contributed by atoms with Crippen LogP contribution in [0.1, 0.15) is 36.8 Å². The van der Waals surface area contributed by atoms with Crippen molar-refractivity contribution in [2.24, 2.45) is 0 Å². The molecule has 4 rings (SSSR count). The van der Waals surface area contributed by atoms with Gasteiger partial charge in [-0.05, 0) is 60.4 Å². The van der Waals surface area contributed by atoms with E-state index in [0.29, 0.717) is 15.7 Å². The van der Waals surface area contributed by atoms with Crippen LogP contribution in [0.3, 0.4) is 0 Å². The molecule has 40 heavy (non-hydrogen) atoms. The van der Waals surface area contributed by atoms with Crippen LogP contribution in [0.5, 0.6) is 0 Å². The van der Waals surface area contributed by atoms with E-state index in [1.807, 2.05) is 36.4 Å². The Morgan fingerprint density at radius 2 is 1.55 bits per heavy atom.